The molecule has 1 heterocycles. The van der Waals surface area contributed by atoms with Gasteiger partial charge < -0.3 is 25.2 Å². The summed E-state index contributed by atoms with van der Waals surface area (Å²) < 4.78 is 11.1. The first-order valence-electron chi connectivity index (χ1n) is 8.91. The number of carbonyl (C=O) groups is 1. The lowest BCUT2D eigenvalue weighted by molar-refractivity contribution is 0.0506. The van der Waals surface area contributed by atoms with Crippen molar-refractivity contribution in [2.75, 3.05) is 18.4 Å². The number of nitrogens with one attached hydrogen (secondary N) is 2. The molecular formula is C19H30N2O4. The lowest BCUT2D eigenvalue weighted by Crippen LogP contribution is -2.38. The standard InChI is InChI=1S/C19H30N2O4/c1-13(22)6-5-9-20-15-7-8-17-14(10-15)11-16(24-17)12-21-18(23)25-19(2,3)4/h7-8,10,13,16,20,22H,5-6,9,11-12H2,1-4H3,(H,21,23). The molecule has 2 rings (SSSR count). The van der Waals surface area contributed by atoms with Crippen molar-refractivity contribution < 1.29 is 19.4 Å². The summed E-state index contributed by atoms with van der Waals surface area (Å²) in [5, 5.41) is 15.4. The quantitative estimate of drug-likeness (QED) is 0.659. The second kappa shape index (κ2) is 8.43. The molecule has 140 valence electrons. The Kier molecular flexibility index (Phi) is 6.53. The number of ether oxygens (including phenoxy) is 2. The number of amides is 1. The molecule has 1 aromatic carbocycles. The molecule has 0 fully saturated rings. The third kappa shape index (κ3) is 6.82. The number of fused-ring (bicyclic) bond motifs is 1. The van der Waals surface area contributed by atoms with Crippen molar-refractivity contribution in [3.05, 3.63) is 23.8 Å². The van der Waals surface area contributed by atoms with Gasteiger partial charge in [0.1, 0.15) is 17.5 Å². The number of hydrogen-bond donors (Lipinski definition) is 3. The van der Waals surface area contributed by atoms with Crippen molar-refractivity contribution >= 4 is 11.8 Å². The molecule has 1 aliphatic rings. The third-order valence-corrected chi connectivity index (χ3v) is 3.80. The lowest BCUT2D eigenvalue weighted by Gasteiger charge is -2.20. The summed E-state index contributed by atoms with van der Waals surface area (Å²) in [5.74, 6) is 0.866. The van der Waals surface area contributed by atoms with Crippen LogP contribution in [-0.4, -0.2) is 42.1 Å². The van der Waals surface area contributed by atoms with Gasteiger partial charge in [-0.3, -0.25) is 0 Å². The van der Waals surface area contributed by atoms with Gasteiger partial charge in [0.2, 0.25) is 0 Å². The Bertz CT molecular complexity index is 581. The van der Waals surface area contributed by atoms with Crippen LogP contribution in [0.15, 0.2) is 18.2 Å². The minimum atomic E-state index is -0.502. The number of rotatable bonds is 7. The van der Waals surface area contributed by atoms with E-state index in [4.69, 9.17) is 9.47 Å². The zero-order valence-corrected chi connectivity index (χ0v) is 15.6. The Hall–Kier alpha value is -1.95. The second-order valence-electron chi connectivity index (χ2n) is 7.57. The van der Waals surface area contributed by atoms with Gasteiger partial charge in [-0.2, -0.15) is 0 Å². The van der Waals surface area contributed by atoms with Crippen LogP contribution in [0.2, 0.25) is 0 Å². The molecule has 25 heavy (non-hydrogen) atoms. The summed E-state index contributed by atoms with van der Waals surface area (Å²) in [6.07, 6.45) is 1.72. The summed E-state index contributed by atoms with van der Waals surface area (Å²) in [5.41, 5.74) is 1.68. The summed E-state index contributed by atoms with van der Waals surface area (Å²) in [6, 6.07) is 6.04. The largest absolute Gasteiger partial charge is 0.488 e. The number of anilines is 1. The number of aliphatic hydroxyl groups is 1. The summed E-state index contributed by atoms with van der Waals surface area (Å²) in [4.78, 5) is 11.7. The molecule has 6 nitrogen and oxygen atoms in total. The fourth-order valence-corrected chi connectivity index (χ4v) is 2.69. The van der Waals surface area contributed by atoms with Gasteiger partial charge in [-0.15, -0.1) is 0 Å². The summed E-state index contributed by atoms with van der Waals surface area (Å²) >= 11 is 0. The number of benzene rings is 1. The smallest absolute Gasteiger partial charge is 0.407 e. The van der Waals surface area contributed by atoms with Gasteiger partial charge in [-0.25, -0.2) is 4.79 Å². The van der Waals surface area contributed by atoms with Crippen LogP contribution in [0.4, 0.5) is 10.5 Å². The van der Waals surface area contributed by atoms with E-state index in [1.165, 1.54) is 0 Å². The maximum absolute atomic E-state index is 11.7. The predicted molar refractivity (Wildman–Crippen MR) is 98.2 cm³/mol. The lowest BCUT2D eigenvalue weighted by atomic mass is 10.1. The molecular weight excluding hydrogens is 320 g/mol. The Morgan fingerprint density at radius 1 is 1.44 bits per heavy atom. The molecule has 0 spiro atoms. The zero-order chi connectivity index (χ0) is 18.4. The molecule has 1 amide bonds. The van der Waals surface area contributed by atoms with Gasteiger partial charge in [0.25, 0.3) is 0 Å². The minimum absolute atomic E-state index is 0.0759. The minimum Gasteiger partial charge on any atom is -0.488 e. The second-order valence-corrected chi connectivity index (χ2v) is 7.57. The Morgan fingerprint density at radius 3 is 2.88 bits per heavy atom. The zero-order valence-electron chi connectivity index (χ0n) is 15.6. The fraction of sp³-hybridized carbons (Fsp3) is 0.632. The fourth-order valence-electron chi connectivity index (χ4n) is 2.69. The van der Waals surface area contributed by atoms with Crippen LogP contribution in [0.25, 0.3) is 0 Å². The molecule has 6 heteroatoms. The van der Waals surface area contributed by atoms with Gasteiger partial charge in [-0.05, 0) is 64.3 Å². The van der Waals surface area contributed by atoms with Crippen LogP contribution in [0.1, 0.15) is 46.1 Å². The molecule has 2 unspecified atom stereocenters. The van der Waals surface area contributed by atoms with E-state index in [9.17, 15) is 9.90 Å². The van der Waals surface area contributed by atoms with Crippen LogP contribution >= 0.6 is 0 Å². The first-order chi connectivity index (χ1) is 11.7. The van der Waals surface area contributed by atoms with Crippen molar-refractivity contribution in [3.63, 3.8) is 0 Å². The van der Waals surface area contributed by atoms with E-state index in [0.29, 0.717) is 6.54 Å². The monoisotopic (exact) mass is 350 g/mol. The number of carbonyl (C=O) groups excluding carboxylic acids is 1. The highest BCUT2D eigenvalue weighted by atomic mass is 16.6. The molecule has 0 aromatic heterocycles. The van der Waals surface area contributed by atoms with Crippen LogP contribution < -0.4 is 15.4 Å². The first-order valence-corrected chi connectivity index (χ1v) is 8.91. The van der Waals surface area contributed by atoms with Gasteiger partial charge in [0.05, 0.1) is 12.6 Å². The molecule has 0 radical (unpaired) electrons. The number of alkyl carbamates (subject to hydrolysis) is 1. The maximum Gasteiger partial charge on any atom is 0.407 e. The Balaban J connectivity index is 1.77. The normalized spacial score (nSPS) is 17.4. The van der Waals surface area contributed by atoms with Crippen LogP contribution in [0, 0.1) is 0 Å². The number of hydrogen-bond acceptors (Lipinski definition) is 5. The van der Waals surface area contributed by atoms with E-state index in [1.54, 1.807) is 6.92 Å². The van der Waals surface area contributed by atoms with E-state index in [1.807, 2.05) is 32.9 Å². The SMILES string of the molecule is CC(O)CCCNc1ccc2c(c1)CC(CNC(=O)OC(C)(C)C)O2. The third-order valence-electron chi connectivity index (χ3n) is 3.80. The predicted octanol–water partition coefficient (Wildman–Crippen LogP) is 3.09. The van der Waals surface area contributed by atoms with Gasteiger partial charge in [0.15, 0.2) is 0 Å². The number of aliphatic hydroxyl groups excluding tert-OH is 1. The van der Waals surface area contributed by atoms with Crippen molar-refractivity contribution in [1.82, 2.24) is 5.32 Å². The van der Waals surface area contributed by atoms with Gasteiger partial charge >= 0.3 is 6.09 Å². The highest BCUT2D eigenvalue weighted by molar-refractivity contribution is 5.67. The van der Waals surface area contributed by atoms with E-state index in [-0.39, 0.29) is 12.2 Å². The van der Waals surface area contributed by atoms with Crippen LogP contribution in [-0.2, 0) is 11.2 Å². The molecule has 0 aliphatic carbocycles. The first kappa shape index (κ1) is 19.4. The highest BCUT2D eigenvalue weighted by Gasteiger charge is 2.24. The summed E-state index contributed by atoms with van der Waals surface area (Å²) in [6.45, 7) is 8.56. The van der Waals surface area contributed by atoms with Crippen LogP contribution in [0.5, 0.6) is 5.75 Å². The molecule has 3 N–H and O–H groups in total. The van der Waals surface area contributed by atoms with Crippen molar-refractivity contribution in [2.24, 2.45) is 0 Å². The van der Waals surface area contributed by atoms with E-state index in [0.717, 1.165) is 42.8 Å². The molecule has 0 bridgehead atoms. The molecule has 1 aromatic rings. The topological polar surface area (TPSA) is 79.8 Å². The van der Waals surface area contributed by atoms with E-state index in [2.05, 4.69) is 16.7 Å². The van der Waals surface area contributed by atoms with Crippen molar-refractivity contribution in [3.8, 4) is 5.75 Å². The van der Waals surface area contributed by atoms with Crippen molar-refractivity contribution in [2.45, 2.75) is 64.8 Å². The molecule has 0 saturated heterocycles. The highest BCUT2D eigenvalue weighted by Crippen LogP contribution is 2.31. The Morgan fingerprint density at radius 2 is 2.20 bits per heavy atom. The molecule has 0 saturated carbocycles. The molecule has 1 aliphatic heterocycles. The average molecular weight is 350 g/mol. The van der Waals surface area contributed by atoms with E-state index >= 15 is 0 Å². The Labute approximate surface area is 149 Å². The van der Waals surface area contributed by atoms with Gasteiger partial charge in [-0.1, -0.05) is 0 Å². The van der Waals surface area contributed by atoms with Gasteiger partial charge in [0, 0.05) is 18.7 Å². The average Bonchev–Trinajstić information content (AvgIpc) is 2.90. The van der Waals surface area contributed by atoms with Crippen LogP contribution in [0.3, 0.4) is 0 Å². The summed E-state index contributed by atoms with van der Waals surface area (Å²) in [7, 11) is 0. The van der Waals surface area contributed by atoms with E-state index < -0.39 is 11.7 Å². The van der Waals surface area contributed by atoms with Crippen molar-refractivity contribution in [1.29, 1.82) is 0 Å². The maximum atomic E-state index is 11.7. The molecule has 2 atom stereocenters.